The number of hydrogen-bond acceptors (Lipinski definition) is 3. The first-order chi connectivity index (χ1) is 3.48. The van der Waals surface area contributed by atoms with Crippen molar-refractivity contribution in [1.29, 1.82) is 0 Å². The molecule has 0 amide bonds. The van der Waals surface area contributed by atoms with Gasteiger partial charge in [0.15, 0.2) is 7.14 Å². The molecule has 8 heavy (non-hydrogen) atoms. The van der Waals surface area contributed by atoms with E-state index in [2.05, 4.69) is 17.0 Å². The van der Waals surface area contributed by atoms with E-state index in [0.29, 0.717) is 0 Å². The molecule has 0 fully saturated rings. The maximum Gasteiger partial charge on any atom is 0.219 e. The zero-order chi connectivity index (χ0) is 6.78. The topological polar surface area (TPSA) is 26.3 Å². The largest absolute Gasteiger partial charge is 0.484 e. The third-order valence-electron chi connectivity index (χ3n) is 0.614. The van der Waals surface area contributed by atoms with Gasteiger partial charge in [-0.2, -0.15) is 0 Å². The van der Waals surface area contributed by atoms with Crippen LogP contribution in [0, 0.1) is 0 Å². The molecule has 48 valence electrons. The number of methoxy groups -OCH3 is 1. The summed E-state index contributed by atoms with van der Waals surface area (Å²) in [4.78, 5) is 0.220. The van der Waals surface area contributed by atoms with Crippen LogP contribution in [0.1, 0.15) is 0 Å². The fraction of sp³-hybridized carbons (Fsp3) is 0.750. The average molecular weight is 152 g/mol. The van der Waals surface area contributed by atoms with Gasteiger partial charge >= 0.3 is 0 Å². The lowest BCUT2D eigenvalue weighted by molar-refractivity contribution is 0.421. The fourth-order valence-electron chi connectivity index (χ4n) is 0.220. The molecule has 0 saturated heterocycles. The molecule has 0 aromatic carbocycles. The Balaban J connectivity index is 4.04. The summed E-state index contributed by atoms with van der Waals surface area (Å²) < 4.78 is 15.5. The van der Waals surface area contributed by atoms with E-state index in [4.69, 9.17) is 0 Å². The van der Waals surface area contributed by atoms with Crippen molar-refractivity contribution < 1.29 is 9.30 Å². The first kappa shape index (κ1) is 8.12. The minimum Gasteiger partial charge on any atom is -0.484 e. The second-order valence-corrected chi connectivity index (χ2v) is 5.60. The van der Waals surface area contributed by atoms with E-state index >= 15 is 0 Å². The highest BCUT2D eigenvalue weighted by Gasteiger charge is 2.13. The molecule has 0 rings (SSSR count). The van der Waals surface area contributed by atoms with Crippen molar-refractivity contribution >= 4 is 24.2 Å². The molecule has 0 radical (unpaired) electrons. The van der Waals surface area contributed by atoms with Crippen molar-refractivity contribution in [2.45, 2.75) is 0 Å². The third kappa shape index (κ3) is 2.43. The Bertz CT molecular complexity index is 137. The fourth-order valence-corrected chi connectivity index (χ4v) is 0.660. The highest BCUT2D eigenvalue weighted by molar-refractivity contribution is 8.00. The molecule has 0 aliphatic rings. The zero-order valence-electron chi connectivity index (χ0n) is 5.17. The van der Waals surface area contributed by atoms with Crippen molar-refractivity contribution in [3.63, 3.8) is 0 Å². The van der Waals surface area contributed by atoms with E-state index in [-0.39, 0.29) is 4.79 Å². The maximum atomic E-state index is 10.9. The van der Waals surface area contributed by atoms with Gasteiger partial charge in [0.25, 0.3) is 0 Å². The Labute approximate surface area is 54.6 Å². The van der Waals surface area contributed by atoms with Crippen LogP contribution >= 0.6 is 19.4 Å². The molecule has 0 saturated carbocycles. The smallest absolute Gasteiger partial charge is 0.219 e. The Morgan fingerprint density at radius 1 is 1.62 bits per heavy atom. The molecule has 0 spiro atoms. The summed E-state index contributed by atoms with van der Waals surface area (Å²) in [5, 5.41) is 0. The highest BCUT2D eigenvalue weighted by atomic mass is 32.1. The minimum absolute atomic E-state index is 0.220. The van der Waals surface area contributed by atoms with Crippen LogP contribution in [-0.4, -0.2) is 25.2 Å². The van der Waals surface area contributed by atoms with Crippen LogP contribution in [0.2, 0.25) is 0 Å². The lowest BCUT2D eigenvalue weighted by Crippen LogP contribution is -1.95. The SMILES string of the molecule is COC(=S)P(C)(C)=O. The summed E-state index contributed by atoms with van der Waals surface area (Å²) in [7, 11) is -0.815. The summed E-state index contributed by atoms with van der Waals surface area (Å²) in [6.45, 7) is 3.16. The first-order valence-corrected chi connectivity index (χ1v) is 5.13. The molecule has 0 aliphatic heterocycles. The van der Waals surface area contributed by atoms with E-state index in [1.54, 1.807) is 13.3 Å². The van der Waals surface area contributed by atoms with E-state index in [0.717, 1.165) is 0 Å². The van der Waals surface area contributed by atoms with Crippen LogP contribution in [0.5, 0.6) is 0 Å². The van der Waals surface area contributed by atoms with E-state index in [1.807, 2.05) is 0 Å². The molecule has 0 bridgehead atoms. The highest BCUT2D eigenvalue weighted by Crippen LogP contribution is 2.37. The summed E-state index contributed by atoms with van der Waals surface area (Å²) >= 11 is 4.61. The predicted molar refractivity (Wildman–Crippen MR) is 39.1 cm³/mol. The van der Waals surface area contributed by atoms with Gasteiger partial charge in [0.1, 0.15) is 0 Å². The van der Waals surface area contributed by atoms with Gasteiger partial charge in [0.2, 0.25) is 4.79 Å². The normalized spacial score (nSPS) is 10.9. The van der Waals surface area contributed by atoms with Crippen LogP contribution in [-0.2, 0) is 9.30 Å². The van der Waals surface area contributed by atoms with Crippen molar-refractivity contribution in [1.82, 2.24) is 0 Å². The Morgan fingerprint density at radius 3 is 2.00 bits per heavy atom. The molecular formula is C4H9O2PS. The van der Waals surface area contributed by atoms with Crippen LogP contribution < -0.4 is 0 Å². The number of ether oxygens (including phenoxy) is 1. The molecule has 2 nitrogen and oxygen atoms in total. The van der Waals surface area contributed by atoms with Gasteiger partial charge in [-0.1, -0.05) is 0 Å². The van der Waals surface area contributed by atoms with Crippen molar-refractivity contribution in [3.05, 3.63) is 0 Å². The van der Waals surface area contributed by atoms with Gasteiger partial charge in [-0.05, 0) is 25.5 Å². The van der Waals surface area contributed by atoms with Crippen LogP contribution in [0.4, 0.5) is 0 Å². The van der Waals surface area contributed by atoms with Gasteiger partial charge in [-0.15, -0.1) is 0 Å². The van der Waals surface area contributed by atoms with Crippen LogP contribution in [0.3, 0.4) is 0 Å². The van der Waals surface area contributed by atoms with Gasteiger partial charge in [0, 0.05) is 0 Å². The molecule has 0 N–H and O–H groups in total. The Kier molecular flexibility index (Phi) is 2.64. The van der Waals surface area contributed by atoms with Gasteiger partial charge in [0.05, 0.1) is 7.11 Å². The molecule has 4 heteroatoms. The van der Waals surface area contributed by atoms with E-state index in [9.17, 15) is 4.57 Å². The predicted octanol–water partition coefficient (Wildman–Crippen LogP) is 1.54. The summed E-state index contributed by atoms with van der Waals surface area (Å²) in [6.07, 6.45) is 0. The molecule has 0 heterocycles. The van der Waals surface area contributed by atoms with E-state index < -0.39 is 7.14 Å². The molecule has 0 atom stereocenters. The quantitative estimate of drug-likeness (QED) is 0.421. The lowest BCUT2D eigenvalue weighted by Gasteiger charge is -2.04. The van der Waals surface area contributed by atoms with Crippen molar-refractivity contribution in [2.24, 2.45) is 0 Å². The molecule has 0 unspecified atom stereocenters. The van der Waals surface area contributed by atoms with Gasteiger partial charge in [-0.25, -0.2) is 0 Å². The third-order valence-corrected chi connectivity index (χ3v) is 3.16. The van der Waals surface area contributed by atoms with Crippen molar-refractivity contribution in [2.75, 3.05) is 20.4 Å². The zero-order valence-corrected chi connectivity index (χ0v) is 6.88. The lowest BCUT2D eigenvalue weighted by atomic mass is 11.5. The van der Waals surface area contributed by atoms with Crippen LogP contribution in [0.15, 0.2) is 0 Å². The maximum absolute atomic E-state index is 10.9. The second-order valence-electron chi connectivity index (χ2n) is 1.82. The summed E-state index contributed by atoms with van der Waals surface area (Å²) in [5.41, 5.74) is 0. The van der Waals surface area contributed by atoms with Gasteiger partial charge < -0.3 is 9.30 Å². The first-order valence-electron chi connectivity index (χ1n) is 2.12. The van der Waals surface area contributed by atoms with Crippen molar-refractivity contribution in [3.8, 4) is 0 Å². The standard InChI is InChI=1S/C4H9O2PS/c1-6-4(8)7(2,3)5/h1-3H3. The Hall–Kier alpha value is 0.120. The molecule has 0 aromatic heterocycles. The summed E-state index contributed by atoms with van der Waals surface area (Å²) in [6, 6.07) is 0. The van der Waals surface area contributed by atoms with E-state index in [1.165, 1.54) is 7.11 Å². The summed E-state index contributed by atoms with van der Waals surface area (Å²) in [5.74, 6) is 0. The van der Waals surface area contributed by atoms with Crippen LogP contribution in [0.25, 0.3) is 0 Å². The molecular weight excluding hydrogens is 143 g/mol. The van der Waals surface area contributed by atoms with Gasteiger partial charge in [-0.3, -0.25) is 0 Å². The molecule has 0 aromatic rings. The Morgan fingerprint density at radius 2 is 2.00 bits per heavy atom. The monoisotopic (exact) mass is 152 g/mol. The number of hydrogen-bond donors (Lipinski definition) is 0. The number of rotatable bonds is 1. The minimum atomic E-state index is -2.25. The average Bonchev–Trinajstić information content (AvgIpc) is 1.62. The molecule has 0 aliphatic carbocycles. The number of thiocarbonyl (C=S) groups is 1. The second kappa shape index (κ2) is 2.60.